The summed E-state index contributed by atoms with van der Waals surface area (Å²) in [4.78, 5) is 0. The molecule has 1 heterocycles. The molecule has 0 unspecified atom stereocenters. The van der Waals surface area contributed by atoms with Gasteiger partial charge in [-0.05, 0) is 26.0 Å². The van der Waals surface area contributed by atoms with Crippen LogP contribution in [0.25, 0.3) is 11.0 Å². The summed E-state index contributed by atoms with van der Waals surface area (Å²) in [6.45, 7) is 8.39. The topological polar surface area (TPSA) is 43.6 Å². The van der Waals surface area contributed by atoms with Crippen LogP contribution in [0.5, 0.6) is 0 Å². The lowest BCUT2D eigenvalue weighted by Gasteiger charge is -2.06. The van der Waals surface area contributed by atoms with Crippen molar-refractivity contribution in [2.24, 2.45) is 0 Å². The van der Waals surface area contributed by atoms with Gasteiger partial charge < -0.3 is 19.2 Å². The Labute approximate surface area is 126 Å². The van der Waals surface area contributed by atoms with Crippen LogP contribution < -0.4 is 5.32 Å². The summed E-state index contributed by atoms with van der Waals surface area (Å²) in [6, 6.07) is 8.14. The lowest BCUT2D eigenvalue weighted by molar-refractivity contribution is 0.0391. The van der Waals surface area contributed by atoms with E-state index in [1.54, 1.807) is 0 Å². The van der Waals surface area contributed by atoms with Crippen LogP contribution in [-0.4, -0.2) is 26.4 Å². The van der Waals surface area contributed by atoms with E-state index in [-0.39, 0.29) is 0 Å². The maximum absolute atomic E-state index is 5.93. The Balaban J connectivity index is 2.03. The van der Waals surface area contributed by atoms with Crippen molar-refractivity contribution in [3.05, 3.63) is 35.6 Å². The first kappa shape index (κ1) is 16.0. The van der Waals surface area contributed by atoms with Gasteiger partial charge in [-0.3, -0.25) is 0 Å². The molecule has 0 bridgehead atoms. The summed E-state index contributed by atoms with van der Waals surface area (Å²) < 4.78 is 16.9. The number of rotatable bonds is 10. The molecule has 0 aliphatic heterocycles. The molecule has 4 heteroatoms. The minimum atomic E-state index is 0.491. The number of furan rings is 1. The largest absolute Gasteiger partial charge is 0.458 e. The minimum absolute atomic E-state index is 0.491. The van der Waals surface area contributed by atoms with Gasteiger partial charge in [-0.25, -0.2) is 0 Å². The summed E-state index contributed by atoms with van der Waals surface area (Å²) in [5.74, 6) is 0.913. The predicted molar refractivity (Wildman–Crippen MR) is 84.4 cm³/mol. The lowest BCUT2D eigenvalue weighted by atomic mass is 10.1. The molecule has 2 aromatic rings. The number of nitrogens with one attached hydrogen (secondary N) is 1. The highest BCUT2D eigenvalue weighted by Gasteiger charge is 2.13. The van der Waals surface area contributed by atoms with Gasteiger partial charge in [0.1, 0.15) is 18.0 Å². The normalized spacial score (nSPS) is 11.3. The molecular weight excluding hydrogens is 266 g/mol. The van der Waals surface area contributed by atoms with E-state index in [9.17, 15) is 0 Å². The standard InChI is InChI=1S/C17H25NO3/c1-3-9-18-12-15-14-7-5-6-8-16(14)21-17(15)13-20-11-10-19-4-2/h5-8,18H,3-4,9-13H2,1-2H3. The molecule has 4 nitrogen and oxygen atoms in total. The first-order valence-electron chi connectivity index (χ1n) is 7.72. The van der Waals surface area contributed by atoms with Crippen LogP contribution in [0.3, 0.4) is 0 Å². The highest BCUT2D eigenvalue weighted by Crippen LogP contribution is 2.26. The second-order valence-corrected chi connectivity index (χ2v) is 4.93. The van der Waals surface area contributed by atoms with Crippen molar-refractivity contribution < 1.29 is 13.9 Å². The molecule has 1 aromatic carbocycles. The number of fused-ring (bicyclic) bond motifs is 1. The van der Waals surface area contributed by atoms with Gasteiger partial charge in [0.05, 0.1) is 13.2 Å². The van der Waals surface area contributed by atoms with Crippen molar-refractivity contribution in [1.82, 2.24) is 5.32 Å². The van der Waals surface area contributed by atoms with Crippen molar-refractivity contribution in [3.63, 3.8) is 0 Å². The number of para-hydroxylation sites is 1. The van der Waals surface area contributed by atoms with Gasteiger partial charge in [-0.1, -0.05) is 25.1 Å². The molecule has 116 valence electrons. The monoisotopic (exact) mass is 291 g/mol. The van der Waals surface area contributed by atoms with Crippen molar-refractivity contribution in [2.45, 2.75) is 33.4 Å². The van der Waals surface area contributed by atoms with E-state index in [0.29, 0.717) is 19.8 Å². The van der Waals surface area contributed by atoms with Gasteiger partial charge in [0, 0.05) is 24.1 Å². The lowest BCUT2D eigenvalue weighted by Crippen LogP contribution is -2.15. The van der Waals surface area contributed by atoms with E-state index >= 15 is 0 Å². The number of hydrogen-bond acceptors (Lipinski definition) is 4. The maximum atomic E-state index is 5.93. The molecule has 1 N–H and O–H groups in total. The third-order valence-electron chi connectivity index (χ3n) is 3.32. The van der Waals surface area contributed by atoms with E-state index < -0.39 is 0 Å². The van der Waals surface area contributed by atoms with Gasteiger partial charge in [0.15, 0.2) is 0 Å². The molecule has 0 saturated carbocycles. The second kappa shape index (κ2) is 8.82. The van der Waals surface area contributed by atoms with E-state index in [1.807, 2.05) is 25.1 Å². The van der Waals surface area contributed by atoms with E-state index in [1.165, 1.54) is 10.9 Å². The fourth-order valence-electron chi connectivity index (χ4n) is 2.28. The average Bonchev–Trinajstić information content (AvgIpc) is 2.85. The Kier molecular flexibility index (Phi) is 6.73. The van der Waals surface area contributed by atoms with Crippen molar-refractivity contribution in [3.8, 4) is 0 Å². The Bertz CT molecular complexity index is 536. The van der Waals surface area contributed by atoms with Gasteiger partial charge in [0.2, 0.25) is 0 Å². The maximum Gasteiger partial charge on any atom is 0.135 e. The minimum Gasteiger partial charge on any atom is -0.458 e. The molecule has 0 radical (unpaired) electrons. The fourth-order valence-corrected chi connectivity index (χ4v) is 2.28. The van der Waals surface area contributed by atoms with Gasteiger partial charge >= 0.3 is 0 Å². The molecule has 0 saturated heterocycles. The second-order valence-electron chi connectivity index (χ2n) is 4.93. The third kappa shape index (κ3) is 4.56. The third-order valence-corrected chi connectivity index (χ3v) is 3.32. The summed E-state index contributed by atoms with van der Waals surface area (Å²) in [6.07, 6.45) is 1.12. The van der Waals surface area contributed by atoms with Crippen molar-refractivity contribution in [2.75, 3.05) is 26.4 Å². The summed E-state index contributed by atoms with van der Waals surface area (Å²) >= 11 is 0. The Morgan fingerprint density at radius 1 is 1.10 bits per heavy atom. The van der Waals surface area contributed by atoms with Crippen LogP contribution in [-0.2, 0) is 22.6 Å². The fraction of sp³-hybridized carbons (Fsp3) is 0.529. The molecule has 0 atom stereocenters. The Morgan fingerprint density at radius 2 is 1.90 bits per heavy atom. The molecule has 0 fully saturated rings. The van der Waals surface area contributed by atoms with Crippen molar-refractivity contribution >= 4 is 11.0 Å². The van der Waals surface area contributed by atoms with Crippen LogP contribution in [0.4, 0.5) is 0 Å². The van der Waals surface area contributed by atoms with Gasteiger partial charge in [0.25, 0.3) is 0 Å². The Hall–Kier alpha value is -1.36. The van der Waals surface area contributed by atoms with Crippen LogP contribution in [0, 0.1) is 0 Å². The van der Waals surface area contributed by atoms with Crippen LogP contribution in [0.1, 0.15) is 31.6 Å². The van der Waals surface area contributed by atoms with E-state index in [4.69, 9.17) is 13.9 Å². The summed E-state index contributed by atoms with van der Waals surface area (Å²) in [7, 11) is 0. The molecule has 2 rings (SSSR count). The zero-order valence-electron chi connectivity index (χ0n) is 13.0. The molecular formula is C17H25NO3. The molecule has 0 aliphatic carbocycles. The summed E-state index contributed by atoms with van der Waals surface area (Å²) in [5.41, 5.74) is 2.13. The number of hydrogen-bond donors (Lipinski definition) is 1. The van der Waals surface area contributed by atoms with E-state index in [0.717, 1.165) is 37.5 Å². The van der Waals surface area contributed by atoms with Crippen LogP contribution in [0.15, 0.2) is 28.7 Å². The zero-order chi connectivity index (χ0) is 14.9. The molecule has 0 amide bonds. The highest BCUT2D eigenvalue weighted by molar-refractivity contribution is 5.82. The molecule has 0 spiro atoms. The van der Waals surface area contributed by atoms with Gasteiger partial charge in [-0.15, -0.1) is 0 Å². The quantitative estimate of drug-likeness (QED) is 0.681. The average molecular weight is 291 g/mol. The smallest absolute Gasteiger partial charge is 0.135 e. The van der Waals surface area contributed by atoms with Crippen LogP contribution in [0.2, 0.25) is 0 Å². The first-order valence-corrected chi connectivity index (χ1v) is 7.72. The molecule has 0 aliphatic rings. The zero-order valence-corrected chi connectivity index (χ0v) is 13.0. The predicted octanol–water partition coefficient (Wildman–Crippen LogP) is 3.49. The molecule has 21 heavy (non-hydrogen) atoms. The number of ether oxygens (including phenoxy) is 2. The SMILES string of the molecule is CCCNCc1c(COCCOCC)oc2ccccc12. The first-order chi connectivity index (χ1) is 10.4. The van der Waals surface area contributed by atoms with Crippen molar-refractivity contribution in [1.29, 1.82) is 0 Å². The van der Waals surface area contributed by atoms with E-state index in [2.05, 4.69) is 18.3 Å². The summed E-state index contributed by atoms with van der Waals surface area (Å²) in [5, 5.41) is 4.61. The Morgan fingerprint density at radius 3 is 2.71 bits per heavy atom. The highest BCUT2D eigenvalue weighted by atomic mass is 16.5. The molecule has 1 aromatic heterocycles. The number of benzene rings is 1. The van der Waals surface area contributed by atoms with Crippen LogP contribution >= 0.6 is 0 Å². The van der Waals surface area contributed by atoms with Gasteiger partial charge in [-0.2, -0.15) is 0 Å².